The first-order chi connectivity index (χ1) is 8.23. The molecule has 0 radical (unpaired) electrons. The SMILES string of the molecule is C=C(C)C(=O)OC[C@H](C)NC(=O)[C@H](N)CC(=O)O. The van der Waals surface area contributed by atoms with Gasteiger partial charge in [0.05, 0.1) is 18.5 Å². The molecule has 7 nitrogen and oxygen atoms in total. The molecule has 0 spiro atoms. The van der Waals surface area contributed by atoms with Crippen LogP contribution in [0.5, 0.6) is 0 Å². The Balaban J connectivity index is 4.04. The summed E-state index contributed by atoms with van der Waals surface area (Å²) in [6, 6.07) is -1.58. The van der Waals surface area contributed by atoms with Crippen LogP contribution in [0.1, 0.15) is 20.3 Å². The molecule has 1 amide bonds. The van der Waals surface area contributed by atoms with Gasteiger partial charge in [-0.25, -0.2) is 4.79 Å². The fourth-order valence-corrected chi connectivity index (χ4v) is 0.996. The van der Waals surface area contributed by atoms with Crippen molar-refractivity contribution in [3.8, 4) is 0 Å². The van der Waals surface area contributed by atoms with Crippen molar-refractivity contribution in [1.82, 2.24) is 5.32 Å². The molecule has 4 N–H and O–H groups in total. The number of amides is 1. The number of ether oxygens (including phenoxy) is 1. The Morgan fingerprint density at radius 1 is 1.44 bits per heavy atom. The molecule has 102 valence electrons. The summed E-state index contributed by atoms with van der Waals surface area (Å²) in [5, 5.41) is 10.9. The van der Waals surface area contributed by atoms with Gasteiger partial charge in [-0.1, -0.05) is 6.58 Å². The number of carboxylic acids is 1. The quantitative estimate of drug-likeness (QED) is 0.415. The van der Waals surface area contributed by atoms with E-state index >= 15 is 0 Å². The number of aliphatic carboxylic acids is 1. The lowest BCUT2D eigenvalue weighted by molar-refractivity contribution is -0.140. The second-order valence-corrected chi connectivity index (χ2v) is 3.99. The lowest BCUT2D eigenvalue weighted by Gasteiger charge is -2.16. The van der Waals surface area contributed by atoms with Crippen LogP contribution in [0.3, 0.4) is 0 Å². The molecule has 0 saturated carbocycles. The first-order valence-electron chi connectivity index (χ1n) is 5.34. The maximum absolute atomic E-state index is 11.4. The molecular formula is C11H18N2O5. The molecule has 18 heavy (non-hydrogen) atoms. The highest BCUT2D eigenvalue weighted by Gasteiger charge is 2.19. The number of carbonyl (C=O) groups excluding carboxylic acids is 2. The number of rotatable bonds is 7. The van der Waals surface area contributed by atoms with Crippen molar-refractivity contribution < 1.29 is 24.2 Å². The molecule has 0 aliphatic heterocycles. The molecule has 0 aromatic rings. The zero-order chi connectivity index (χ0) is 14.3. The molecule has 0 unspecified atom stereocenters. The lowest BCUT2D eigenvalue weighted by Crippen LogP contribution is -2.46. The summed E-state index contributed by atoms with van der Waals surface area (Å²) in [4.78, 5) is 32.8. The standard InChI is InChI=1S/C11H18N2O5/c1-6(2)11(17)18-5-7(3)13-10(16)8(12)4-9(14)15/h7-8H,1,4-5,12H2,2-3H3,(H,13,16)(H,14,15)/t7-,8+/m0/s1. The summed E-state index contributed by atoms with van der Waals surface area (Å²) in [6.45, 7) is 6.49. The average molecular weight is 258 g/mol. The predicted molar refractivity (Wildman–Crippen MR) is 63.6 cm³/mol. The van der Waals surface area contributed by atoms with Gasteiger partial charge in [0.25, 0.3) is 0 Å². The van der Waals surface area contributed by atoms with Gasteiger partial charge in [0, 0.05) is 5.57 Å². The molecule has 0 fully saturated rings. The second-order valence-electron chi connectivity index (χ2n) is 3.99. The first kappa shape index (κ1) is 16.1. The highest BCUT2D eigenvalue weighted by Crippen LogP contribution is 1.95. The Bertz CT molecular complexity index is 353. The van der Waals surface area contributed by atoms with Gasteiger partial charge in [-0.15, -0.1) is 0 Å². The maximum atomic E-state index is 11.4. The Morgan fingerprint density at radius 2 is 2.00 bits per heavy atom. The molecule has 0 aromatic heterocycles. The van der Waals surface area contributed by atoms with E-state index in [1.54, 1.807) is 6.92 Å². The summed E-state index contributed by atoms with van der Waals surface area (Å²) in [7, 11) is 0. The van der Waals surface area contributed by atoms with Crippen molar-refractivity contribution in [3.63, 3.8) is 0 Å². The fraction of sp³-hybridized carbons (Fsp3) is 0.545. The number of esters is 1. The summed E-state index contributed by atoms with van der Waals surface area (Å²) < 4.78 is 4.82. The van der Waals surface area contributed by atoms with Crippen molar-refractivity contribution in [2.75, 3.05) is 6.61 Å². The van der Waals surface area contributed by atoms with Gasteiger partial charge < -0.3 is 20.9 Å². The normalized spacial score (nSPS) is 13.3. The molecule has 0 saturated heterocycles. The van der Waals surface area contributed by atoms with Crippen LogP contribution in [0.2, 0.25) is 0 Å². The molecule has 0 bridgehead atoms. The molecule has 0 rings (SSSR count). The van der Waals surface area contributed by atoms with E-state index in [1.165, 1.54) is 6.92 Å². The molecular weight excluding hydrogens is 240 g/mol. The van der Waals surface area contributed by atoms with Crippen LogP contribution in [-0.4, -0.2) is 41.6 Å². The summed E-state index contributed by atoms with van der Waals surface area (Å²) in [5.74, 6) is -2.30. The van der Waals surface area contributed by atoms with Crippen LogP contribution < -0.4 is 11.1 Å². The molecule has 2 atom stereocenters. The maximum Gasteiger partial charge on any atom is 0.333 e. The smallest absolute Gasteiger partial charge is 0.333 e. The fourth-order valence-electron chi connectivity index (χ4n) is 0.996. The number of nitrogens with two attached hydrogens (primary N) is 1. The van der Waals surface area contributed by atoms with Crippen molar-refractivity contribution in [1.29, 1.82) is 0 Å². The Kier molecular flexibility index (Phi) is 6.66. The number of nitrogens with one attached hydrogen (secondary N) is 1. The van der Waals surface area contributed by atoms with E-state index in [0.717, 1.165) is 0 Å². The van der Waals surface area contributed by atoms with Crippen LogP contribution in [0.15, 0.2) is 12.2 Å². The monoisotopic (exact) mass is 258 g/mol. The van der Waals surface area contributed by atoms with Gasteiger partial charge in [-0.3, -0.25) is 9.59 Å². The van der Waals surface area contributed by atoms with E-state index in [4.69, 9.17) is 15.6 Å². The van der Waals surface area contributed by atoms with Crippen molar-refractivity contribution in [2.24, 2.45) is 5.73 Å². The first-order valence-corrected chi connectivity index (χ1v) is 5.34. The van der Waals surface area contributed by atoms with E-state index in [0.29, 0.717) is 0 Å². The summed E-state index contributed by atoms with van der Waals surface area (Å²) in [6.07, 6.45) is -0.454. The minimum atomic E-state index is -1.15. The van der Waals surface area contributed by atoms with Gasteiger partial charge in [0.15, 0.2) is 0 Å². The Hall–Kier alpha value is -1.89. The topological polar surface area (TPSA) is 119 Å². The van der Waals surface area contributed by atoms with Gasteiger partial charge in [-0.05, 0) is 13.8 Å². The zero-order valence-corrected chi connectivity index (χ0v) is 10.4. The molecule has 0 heterocycles. The van der Waals surface area contributed by atoms with E-state index in [-0.39, 0.29) is 12.2 Å². The van der Waals surface area contributed by atoms with Crippen molar-refractivity contribution in [3.05, 3.63) is 12.2 Å². The highest BCUT2D eigenvalue weighted by molar-refractivity contribution is 5.87. The van der Waals surface area contributed by atoms with Crippen molar-refractivity contribution >= 4 is 17.8 Å². The highest BCUT2D eigenvalue weighted by atomic mass is 16.5. The average Bonchev–Trinajstić information content (AvgIpc) is 2.24. The number of carbonyl (C=O) groups is 3. The second kappa shape index (κ2) is 7.44. The van der Waals surface area contributed by atoms with Crippen LogP contribution in [-0.2, 0) is 19.1 Å². The van der Waals surface area contributed by atoms with Gasteiger partial charge in [0.1, 0.15) is 6.61 Å². The zero-order valence-electron chi connectivity index (χ0n) is 10.4. The Labute approximate surface area is 105 Å². The molecule has 0 aliphatic rings. The van der Waals surface area contributed by atoms with Gasteiger partial charge in [-0.2, -0.15) is 0 Å². The summed E-state index contributed by atoms with van der Waals surface area (Å²) >= 11 is 0. The third-order valence-electron chi connectivity index (χ3n) is 1.93. The Morgan fingerprint density at radius 3 is 2.44 bits per heavy atom. The largest absolute Gasteiger partial charge is 0.481 e. The summed E-state index contributed by atoms with van der Waals surface area (Å²) in [5.41, 5.74) is 5.62. The van der Waals surface area contributed by atoms with E-state index in [1.807, 2.05) is 0 Å². The molecule has 0 aliphatic carbocycles. The van der Waals surface area contributed by atoms with E-state index in [9.17, 15) is 14.4 Å². The predicted octanol–water partition coefficient (Wildman–Crippen LogP) is -0.588. The van der Waals surface area contributed by atoms with Crippen LogP contribution in [0, 0.1) is 0 Å². The van der Waals surface area contributed by atoms with Gasteiger partial charge >= 0.3 is 11.9 Å². The van der Waals surface area contributed by atoms with Crippen LogP contribution in [0.25, 0.3) is 0 Å². The van der Waals surface area contributed by atoms with Crippen LogP contribution >= 0.6 is 0 Å². The third-order valence-corrected chi connectivity index (χ3v) is 1.93. The number of carboxylic acid groups (broad SMARTS) is 1. The van der Waals surface area contributed by atoms with E-state index < -0.39 is 36.4 Å². The lowest BCUT2D eigenvalue weighted by atomic mass is 10.2. The third kappa shape index (κ3) is 6.64. The van der Waals surface area contributed by atoms with E-state index in [2.05, 4.69) is 11.9 Å². The van der Waals surface area contributed by atoms with Gasteiger partial charge in [0.2, 0.25) is 5.91 Å². The molecule has 7 heteroatoms. The van der Waals surface area contributed by atoms with Crippen molar-refractivity contribution in [2.45, 2.75) is 32.4 Å². The number of hydrogen-bond donors (Lipinski definition) is 3. The van der Waals surface area contributed by atoms with Crippen LogP contribution in [0.4, 0.5) is 0 Å². The minimum Gasteiger partial charge on any atom is -0.481 e. The molecule has 0 aromatic carbocycles. The number of hydrogen-bond acceptors (Lipinski definition) is 5. The minimum absolute atomic E-state index is 0.0305.